The standard InChI is InChI=1S/C69H125NO10/c1-4-7-10-13-16-19-22-25-27-29-30-31-32-33-35-36-38-41-44-47-50-53-56-62(73)68(77)70-60(61(72)55-52-49-46-43-40-24-21-18-15-12-9-6-3)59-78-69-67(66(76)65(75)63(58-71)79-69)80-64(74)57-54-51-48-45-42-39-37-34-28-26-23-20-17-14-11-8-5-2/h16,19,25,27,30-31,33,35,52,55,60-63,65-67,69,71-73,75-76H,4-15,17-18,20-24,26,28-29,32,34,36-51,53-54,56-59H2,1-3H3,(H,70,77)/b19-16-,27-25-,31-30-,35-33-,55-52+. The predicted molar refractivity (Wildman–Crippen MR) is 333 cm³/mol. The molecule has 1 fully saturated rings. The van der Waals surface area contributed by atoms with Gasteiger partial charge in [-0.15, -0.1) is 0 Å². The van der Waals surface area contributed by atoms with E-state index in [-0.39, 0.29) is 19.4 Å². The molecule has 0 aromatic carbocycles. The van der Waals surface area contributed by atoms with Crippen LogP contribution in [0.2, 0.25) is 0 Å². The molecule has 0 bridgehead atoms. The first-order valence-corrected chi connectivity index (χ1v) is 33.6. The molecule has 1 amide bonds. The molecule has 11 heteroatoms. The van der Waals surface area contributed by atoms with Crippen molar-refractivity contribution in [2.75, 3.05) is 13.2 Å². The summed E-state index contributed by atoms with van der Waals surface area (Å²) in [5.41, 5.74) is 0. The predicted octanol–water partition coefficient (Wildman–Crippen LogP) is 16.6. The Balaban J connectivity index is 2.64. The molecule has 1 aliphatic rings. The molecule has 1 rings (SSSR count). The normalized spacial score (nSPS) is 19.1. The highest BCUT2D eigenvalue weighted by Crippen LogP contribution is 2.26. The van der Waals surface area contributed by atoms with E-state index in [4.69, 9.17) is 14.2 Å². The number of carbonyl (C=O) groups excluding carboxylic acids is 2. The Bertz CT molecular complexity index is 1530. The molecule has 1 aliphatic heterocycles. The van der Waals surface area contributed by atoms with Crippen LogP contribution in [0.3, 0.4) is 0 Å². The minimum Gasteiger partial charge on any atom is -0.454 e. The van der Waals surface area contributed by atoms with Crippen LogP contribution in [0.4, 0.5) is 0 Å². The number of allylic oxidation sites excluding steroid dienone is 9. The maximum atomic E-state index is 13.5. The molecule has 11 nitrogen and oxygen atoms in total. The van der Waals surface area contributed by atoms with Crippen LogP contribution < -0.4 is 5.32 Å². The van der Waals surface area contributed by atoms with Crippen LogP contribution in [0.25, 0.3) is 0 Å². The third kappa shape index (κ3) is 44.0. The van der Waals surface area contributed by atoms with Crippen molar-refractivity contribution in [1.29, 1.82) is 0 Å². The van der Waals surface area contributed by atoms with Crippen molar-refractivity contribution in [1.82, 2.24) is 5.32 Å². The first-order valence-electron chi connectivity index (χ1n) is 33.6. The Morgan fingerprint density at radius 3 is 1.31 bits per heavy atom. The van der Waals surface area contributed by atoms with Crippen LogP contribution in [0.1, 0.15) is 303 Å². The molecule has 8 atom stereocenters. The van der Waals surface area contributed by atoms with E-state index < -0.39 is 67.4 Å². The summed E-state index contributed by atoms with van der Waals surface area (Å²) in [5, 5.41) is 57.1. The van der Waals surface area contributed by atoms with Crippen molar-refractivity contribution in [2.45, 2.75) is 352 Å². The summed E-state index contributed by atoms with van der Waals surface area (Å²) in [6, 6.07) is -1.03. The first-order chi connectivity index (χ1) is 39.2. The summed E-state index contributed by atoms with van der Waals surface area (Å²) in [7, 11) is 0. The molecule has 80 heavy (non-hydrogen) atoms. The molecule has 8 unspecified atom stereocenters. The fourth-order valence-electron chi connectivity index (χ4n) is 10.3. The Morgan fingerprint density at radius 1 is 0.487 bits per heavy atom. The number of rotatable bonds is 57. The van der Waals surface area contributed by atoms with Gasteiger partial charge >= 0.3 is 5.97 Å². The van der Waals surface area contributed by atoms with Crippen LogP contribution in [0.5, 0.6) is 0 Å². The number of ether oxygens (including phenoxy) is 3. The average molecular weight is 1130 g/mol. The third-order valence-corrected chi connectivity index (χ3v) is 15.7. The molecule has 6 N–H and O–H groups in total. The van der Waals surface area contributed by atoms with Gasteiger partial charge in [0.2, 0.25) is 5.91 Å². The van der Waals surface area contributed by atoms with Crippen LogP contribution in [0, 0.1) is 0 Å². The highest BCUT2D eigenvalue weighted by molar-refractivity contribution is 5.80. The van der Waals surface area contributed by atoms with Gasteiger partial charge in [-0.3, -0.25) is 9.59 Å². The van der Waals surface area contributed by atoms with E-state index in [2.05, 4.69) is 74.7 Å². The lowest BCUT2D eigenvalue weighted by atomic mass is 9.99. The lowest BCUT2D eigenvalue weighted by Gasteiger charge is -2.41. The van der Waals surface area contributed by atoms with Gasteiger partial charge in [0, 0.05) is 6.42 Å². The Hall–Kier alpha value is -2.64. The lowest BCUT2D eigenvalue weighted by molar-refractivity contribution is -0.305. The highest BCUT2D eigenvalue weighted by atomic mass is 16.7. The molecule has 0 spiro atoms. The Morgan fingerprint density at radius 2 is 0.863 bits per heavy atom. The second kappa shape index (κ2) is 56.8. The molecular weight excluding hydrogens is 1000 g/mol. The summed E-state index contributed by atoms with van der Waals surface area (Å²) in [5.74, 6) is -1.20. The molecule has 0 aromatic rings. The van der Waals surface area contributed by atoms with Gasteiger partial charge in [-0.05, 0) is 70.6 Å². The van der Waals surface area contributed by atoms with Gasteiger partial charge in [-0.2, -0.15) is 0 Å². The Labute approximate surface area is 490 Å². The molecule has 1 saturated heterocycles. The van der Waals surface area contributed by atoms with Crippen molar-refractivity contribution < 1.29 is 49.3 Å². The minimum atomic E-state index is -1.61. The maximum Gasteiger partial charge on any atom is 0.306 e. The van der Waals surface area contributed by atoms with Gasteiger partial charge in [0.15, 0.2) is 12.4 Å². The van der Waals surface area contributed by atoms with E-state index in [1.165, 1.54) is 161 Å². The second-order valence-electron chi connectivity index (χ2n) is 23.2. The summed E-state index contributed by atoms with van der Waals surface area (Å²) in [6.07, 6.45) is 61.1. The zero-order valence-corrected chi connectivity index (χ0v) is 51.7. The van der Waals surface area contributed by atoms with Crippen molar-refractivity contribution in [3.8, 4) is 0 Å². The third-order valence-electron chi connectivity index (χ3n) is 15.7. The summed E-state index contributed by atoms with van der Waals surface area (Å²) >= 11 is 0. The Kier molecular flexibility index (Phi) is 53.5. The first kappa shape index (κ1) is 75.4. The second-order valence-corrected chi connectivity index (χ2v) is 23.2. The fourth-order valence-corrected chi connectivity index (χ4v) is 10.3. The number of amides is 1. The fraction of sp³-hybridized carbons (Fsp3) is 0.826. The number of carbonyl (C=O) groups is 2. The van der Waals surface area contributed by atoms with Gasteiger partial charge < -0.3 is 45.1 Å². The topological polar surface area (TPSA) is 175 Å². The van der Waals surface area contributed by atoms with E-state index in [1.54, 1.807) is 6.08 Å². The average Bonchev–Trinajstić information content (AvgIpc) is 3.48. The summed E-state index contributed by atoms with van der Waals surface area (Å²) in [6.45, 7) is 5.78. The van der Waals surface area contributed by atoms with Crippen LogP contribution in [0.15, 0.2) is 60.8 Å². The molecule has 0 saturated carbocycles. The quantitative estimate of drug-likeness (QED) is 0.0195. The van der Waals surface area contributed by atoms with Crippen molar-refractivity contribution in [2.24, 2.45) is 0 Å². The van der Waals surface area contributed by atoms with E-state index in [0.29, 0.717) is 12.8 Å². The van der Waals surface area contributed by atoms with E-state index >= 15 is 0 Å². The smallest absolute Gasteiger partial charge is 0.306 e. The zero-order chi connectivity index (χ0) is 58.2. The number of esters is 1. The van der Waals surface area contributed by atoms with Gasteiger partial charge in [0.05, 0.1) is 25.4 Å². The molecule has 0 aliphatic carbocycles. The molecular formula is C69H125NO10. The number of aliphatic hydroxyl groups is 5. The maximum absolute atomic E-state index is 13.5. The van der Waals surface area contributed by atoms with Gasteiger partial charge in [-0.1, -0.05) is 287 Å². The summed E-state index contributed by atoms with van der Waals surface area (Å²) < 4.78 is 17.7. The van der Waals surface area contributed by atoms with E-state index in [9.17, 15) is 35.1 Å². The van der Waals surface area contributed by atoms with E-state index in [1.807, 2.05) is 6.08 Å². The molecule has 0 radical (unpaired) electrons. The summed E-state index contributed by atoms with van der Waals surface area (Å²) in [4.78, 5) is 26.6. The van der Waals surface area contributed by atoms with Crippen LogP contribution in [-0.4, -0.2) is 99.6 Å². The van der Waals surface area contributed by atoms with Gasteiger partial charge in [0.1, 0.15) is 24.4 Å². The number of aliphatic hydroxyl groups excluding tert-OH is 5. The van der Waals surface area contributed by atoms with Crippen molar-refractivity contribution in [3.63, 3.8) is 0 Å². The molecule has 1 heterocycles. The van der Waals surface area contributed by atoms with Crippen molar-refractivity contribution in [3.05, 3.63) is 60.8 Å². The number of hydrogen-bond donors (Lipinski definition) is 6. The van der Waals surface area contributed by atoms with Gasteiger partial charge in [-0.25, -0.2) is 0 Å². The monoisotopic (exact) mass is 1130 g/mol. The molecule has 0 aromatic heterocycles. The minimum absolute atomic E-state index is 0.125. The van der Waals surface area contributed by atoms with Crippen LogP contribution >= 0.6 is 0 Å². The van der Waals surface area contributed by atoms with Crippen molar-refractivity contribution >= 4 is 11.9 Å². The number of nitrogens with one attached hydrogen (secondary N) is 1. The molecule has 466 valence electrons. The number of unbranched alkanes of at least 4 members (excludes halogenated alkanes) is 35. The van der Waals surface area contributed by atoms with Gasteiger partial charge in [0.25, 0.3) is 0 Å². The number of hydrogen-bond acceptors (Lipinski definition) is 10. The van der Waals surface area contributed by atoms with Crippen LogP contribution in [-0.2, 0) is 23.8 Å². The highest BCUT2D eigenvalue weighted by Gasteiger charge is 2.47. The largest absolute Gasteiger partial charge is 0.454 e. The zero-order valence-electron chi connectivity index (χ0n) is 51.7. The SMILES string of the molecule is CCCCC/C=C\C/C=C\C/C=C\C/C=C\CCCCCCCCC(O)C(=O)NC(COC1OC(CO)C(O)C(O)C1OC(=O)CCCCCCCCCCCCCCCCCCC)C(O)/C=C/CCCCCCCCCCCC. The lowest BCUT2D eigenvalue weighted by Crippen LogP contribution is -2.61. The van der Waals surface area contributed by atoms with E-state index in [0.717, 1.165) is 96.3 Å².